The molecule has 13 heteroatoms. The van der Waals surface area contributed by atoms with Gasteiger partial charge in [0.1, 0.15) is 24.7 Å². The summed E-state index contributed by atoms with van der Waals surface area (Å²) in [6.07, 6.45) is 0. The molecule has 0 N–H and O–H groups in total. The molecule has 29 heavy (non-hydrogen) atoms. The third-order valence-electron chi connectivity index (χ3n) is 2.64. The molecule has 152 valence electrons. The van der Waals surface area contributed by atoms with E-state index in [1.54, 1.807) is 0 Å². The quantitative estimate of drug-likeness (QED) is 0.418. The first-order valence-corrected chi connectivity index (χ1v) is 9.22. The van der Waals surface area contributed by atoms with Gasteiger partial charge in [0, 0.05) is 12.1 Å². The Hall–Kier alpha value is -0.514. The van der Waals surface area contributed by atoms with Crippen molar-refractivity contribution in [1.82, 2.24) is 0 Å². The van der Waals surface area contributed by atoms with Gasteiger partial charge in [-0.1, -0.05) is 69.6 Å². The van der Waals surface area contributed by atoms with Gasteiger partial charge < -0.3 is 29.3 Å². The molecule has 0 atom stereocenters. The first-order valence-electron chi connectivity index (χ1n) is 6.95. The number of carboxylic acids is 2. The maximum Gasteiger partial charge on any atom is 2.00 e. The van der Waals surface area contributed by atoms with Crippen molar-refractivity contribution in [3.63, 3.8) is 0 Å². The molecule has 2 aromatic rings. The molecule has 0 aromatic heterocycles. The van der Waals surface area contributed by atoms with E-state index in [2.05, 4.69) is 0 Å². The van der Waals surface area contributed by atoms with Crippen molar-refractivity contribution in [3.05, 3.63) is 54.4 Å². The summed E-state index contributed by atoms with van der Waals surface area (Å²) in [5, 5.41) is 21.6. The summed E-state index contributed by atoms with van der Waals surface area (Å²) in [7, 11) is 0. The number of carboxylic acid groups (broad SMARTS) is 2. The van der Waals surface area contributed by atoms with Crippen LogP contribution in [-0.4, -0.2) is 48.2 Å². The molecule has 0 aliphatic heterocycles. The topological polar surface area (TPSA) is 98.7 Å². The van der Waals surface area contributed by atoms with Crippen molar-refractivity contribution >= 4 is 105 Å². The predicted octanol–water partition coefficient (Wildman–Crippen LogP) is 3.17. The van der Waals surface area contributed by atoms with E-state index >= 15 is 0 Å². The maximum absolute atomic E-state index is 10.1. The second-order valence-corrected chi connectivity index (χ2v) is 7.16. The van der Waals surface area contributed by atoms with Gasteiger partial charge in [-0.2, -0.15) is 0 Å². The zero-order chi connectivity index (χ0) is 21.4. The third-order valence-corrected chi connectivity index (χ3v) is 4.68. The third kappa shape index (κ3) is 10.4. The molecule has 0 amide bonds. The van der Waals surface area contributed by atoms with Crippen LogP contribution in [0.1, 0.15) is 0 Å². The maximum atomic E-state index is 10.1. The molecule has 0 bridgehead atoms. The number of benzene rings is 2. The first kappa shape index (κ1) is 28.5. The summed E-state index contributed by atoms with van der Waals surface area (Å²) in [6, 6.07) is 5.43. The Morgan fingerprint density at radius 1 is 0.621 bits per heavy atom. The van der Waals surface area contributed by atoms with Crippen LogP contribution < -0.4 is 19.7 Å². The minimum atomic E-state index is -1.34. The Bertz CT molecular complexity index is 808. The number of hydrogen-bond acceptors (Lipinski definition) is 6. The van der Waals surface area contributed by atoms with Gasteiger partial charge in [0.25, 0.3) is 0 Å². The molecule has 0 aliphatic carbocycles. The molecule has 6 nitrogen and oxygen atoms in total. The molecule has 0 fully saturated rings. The summed E-state index contributed by atoms with van der Waals surface area (Å²) in [6.45, 7) is -1.17. The van der Waals surface area contributed by atoms with Crippen LogP contribution in [0.25, 0.3) is 0 Å². The van der Waals surface area contributed by atoms with Crippen LogP contribution in [0.3, 0.4) is 0 Å². The van der Waals surface area contributed by atoms with Gasteiger partial charge in [-0.05, 0) is 12.1 Å². The molecule has 2 aromatic carbocycles. The van der Waals surface area contributed by atoms with E-state index in [0.717, 1.165) is 0 Å². The SMILES string of the molecule is O=C([O-])COc1cc(Cl)c(Cl)cc1Cl.O=C([O-])COc1cc(Cl)c(Cl)cc1Cl.[Mg+2]. The summed E-state index contributed by atoms with van der Waals surface area (Å²) < 4.78 is 9.59. The van der Waals surface area contributed by atoms with Crippen molar-refractivity contribution in [3.8, 4) is 11.5 Å². The van der Waals surface area contributed by atoms with Crippen molar-refractivity contribution in [2.24, 2.45) is 0 Å². The number of halogens is 6. The molecule has 0 spiro atoms. The number of carbonyl (C=O) groups is 2. The van der Waals surface area contributed by atoms with Gasteiger partial charge in [-0.25, -0.2) is 0 Å². The Kier molecular flexibility index (Phi) is 13.5. The van der Waals surface area contributed by atoms with Gasteiger partial charge in [0.15, 0.2) is 0 Å². The number of aliphatic carboxylic acids is 2. The summed E-state index contributed by atoms with van der Waals surface area (Å²) >= 11 is 34.0. The van der Waals surface area contributed by atoms with E-state index in [9.17, 15) is 19.8 Å². The second-order valence-electron chi connectivity index (χ2n) is 4.71. The molecule has 0 saturated heterocycles. The van der Waals surface area contributed by atoms with Gasteiger partial charge in [0.05, 0.1) is 42.1 Å². The largest absolute Gasteiger partial charge is 2.00 e. The Morgan fingerprint density at radius 2 is 0.897 bits per heavy atom. The van der Waals surface area contributed by atoms with Crippen molar-refractivity contribution in [1.29, 1.82) is 0 Å². The standard InChI is InChI=1S/2C8H5Cl3O3.Mg/c2*9-4-1-6(11)7(2-5(4)10)14-3-8(12)13;/h2*1-2H,3H2,(H,12,13);/q;;+2/p-2. The normalized spacial score (nSPS) is 9.59. The predicted molar refractivity (Wildman–Crippen MR) is 110 cm³/mol. The molecule has 0 unspecified atom stereocenters. The molecule has 0 heterocycles. The molecular weight excluding hydrogens is 525 g/mol. The van der Waals surface area contributed by atoms with Crippen molar-refractivity contribution in [2.75, 3.05) is 13.2 Å². The monoisotopic (exact) mass is 530 g/mol. The average molecular weight is 533 g/mol. The Labute approximate surface area is 211 Å². The van der Waals surface area contributed by atoms with E-state index in [1.807, 2.05) is 0 Å². The Balaban J connectivity index is 0.000000523. The first-order chi connectivity index (χ1) is 13.0. The van der Waals surface area contributed by atoms with E-state index in [4.69, 9.17) is 79.1 Å². The van der Waals surface area contributed by atoms with Crippen LogP contribution in [0.2, 0.25) is 30.1 Å². The van der Waals surface area contributed by atoms with Crippen LogP contribution in [0, 0.1) is 0 Å². The van der Waals surface area contributed by atoms with Crippen molar-refractivity contribution in [2.45, 2.75) is 0 Å². The second kappa shape index (κ2) is 13.7. The minimum Gasteiger partial charge on any atom is -0.546 e. The molecular formula is C16H8Cl6MgO6. The van der Waals surface area contributed by atoms with Crippen LogP contribution in [0.15, 0.2) is 24.3 Å². The van der Waals surface area contributed by atoms with Gasteiger partial charge in [-0.3, -0.25) is 0 Å². The number of hydrogen-bond donors (Lipinski definition) is 0. The fourth-order valence-electron chi connectivity index (χ4n) is 1.50. The smallest absolute Gasteiger partial charge is 0.546 e. The van der Waals surface area contributed by atoms with Crippen molar-refractivity contribution < 1.29 is 29.3 Å². The number of rotatable bonds is 6. The van der Waals surface area contributed by atoms with E-state index in [1.165, 1.54) is 24.3 Å². The Morgan fingerprint density at radius 3 is 1.17 bits per heavy atom. The van der Waals surface area contributed by atoms with Crippen LogP contribution in [0.5, 0.6) is 11.5 Å². The summed E-state index contributed by atoms with van der Waals surface area (Å²) in [5.41, 5.74) is 0. The summed E-state index contributed by atoms with van der Waals surface area (Å²) in [5.74, 6) is -2.37. The zero-order valence-electron chi connectivity index (χ0n) is 14.1. The zero-order valence-corrected chi connectivity index (χ0v) is 20.1. The van der Waals surface area contributed by atoms with Crippen LogP contribution >= 0.6 is 69.6 Å². The van der Waals surface area contributed by atoms with Gasteiger partial charge in [0.2, 0.25) is 0 Å². The van der Waals surface area contributed by atoms with E-state index < -0.39 is 25.2 Å². The van der Waals surface area contributed by atoms with E-state index in [0.29, 0.717) is 0 Å². The molecule has 0 saturated carbocycles. The molecule has 2 rings (SSSR count). The molecule has 0 radical (unpaired) electrons. The fourth-order valence-corrected chi connectivity index (χ4v) is 2.69. The van der Waals surface area contributed by atoms with Gasteiger partial charge >= 0.3 is 23.1 Å². The molecule has 0 aliphatic rings. The van der Waals surface area contributed by atoms with Crippen LogP contribution in [0.4, 0.5) is 0 Å². The van der Waals surface area contributed by atoms with E-state index in [-0.39, 0.29) is 64.7 Å². The number of carbonyl (C=O) groups excluding carboxylic acids is 2. The fraction of sp³-hybridized carbons (Fsp3) is 0.125. The average Bonchev–Trinajstić information content (AvgIpc) is 2.59. The minimum absolute atomic E-state index is 0. The van der Waals surface area contributed by atoms with Crippen LogP contribution in [-0.2, 0) is 9.59 Å². The summed E-state index contributed by atoms with van der Waals surface area (Å²) in [4.78, 5) is 20.2. The number of ether oxygens (including phenoxy) is 2. The van der Waals surface area contributed by atoms with Gasteiger partial charge in [-0.15, -0.1) is 0 Å².